The Morgan fingerprint density at radius 3 is 2.75 bits per heavy atom. The molecule has 3 heterocycles. The molecule has 0 saturated carbocycles. The highest BCUT2D eigenvalue weighted by atomic mass is 32.1. The fourth-order valence-corrected chi connectivity index (χ4v) is 3.47. The lowest BCUT2D eigenvalue weighted by Crippen LogP contribution is -2.12. The summed E-state index contributed by atoms with van der Waals surface area (Å²) in [6.45, 7) is 0. The zero-order valence-electron chi connectivity index (χ0n) is 12.9. The molecular formula is C18H14N4OS. The van der Waals surface area contributed by atoms with Crippen molar-refractivity contribution in [2.24, 2.45) is 7.05 Å². The Morgan fingerprint density at radius 2 is 1.96 bits per heavy atom. The maximum Gasteiger partial charge on any atom is 0.275 e. The maximum atomic E-state index is 12.3. The summed E-state index contributed by atoms with van der Waals surface area (Å²) in [7, 11) is 2.01. The van der Waals surface area contributed by atoms with Gasteiger partial charge in [0.1, 0.15) is 10.7 Å². The first-order chi connectivity index (χ1) is 11.7. The number of carbonyl (C=O) groups is 1. The number of aryl methyl sites for hydroxylation is 1. The standard InChI is InChI=1S/C18H14N4OS/c1-22-15-5-3-2-4-12(15)10-16(22)18-21-14(11-24-18)17(23)20-13-6-8-19-9-7-13/h2-11H,1H3,(H,19,20,23). The highest BCUT2D eigenvalue weighted by molar-refractivity contribution is 7.13. The van der Waals surface area contributed by atoms with Gasteiger partial charge in [-0.25, -0.2) is 4.98 Å². The van der Waals surface area contributed by atoms with Crippen molar-refractivity contribution in [3.63, 3.8) is 0 Å². The van der Waals surface area contributed by atoms with Crippen LogP contribution >= 0.6 is 11.3 Å². The molecule has 4 rings (SSSR count). The van der Waals surface area contributed by atoms with E-state index in [0.29, 0.717) is 11.4 Å². The maximum absolute atomic E-state index is 12.3. The second kappa shape index (κ2) is 5.90. The summed E-state index contributed by atoms with van der Waals surface area (Å²) in [4.78, 5) is 20.8. The minimum atomic E-state index is -0.220. The molecule has 24 heavy (non-hydrogen) atoms. The molecule has 1 amide bonds. The molecule has 0 spiro atoms. The predicted molar refractivity (Wildman–Crippen MR) is 96.2 cm³/mol. The van der Waals surface area contributed by atoms with Crippen LogP contribution in [0.3, 0.4) is 0 Å². The molecule has 5 nitrogen and oxygen atoms in total. The molecule has 0 radical (unpaired) electrons. The number of hydrogen-bond acceptors (Lipinski definition) is 4. The van der Waals surface area contributed by atoms with Gasteiger partial charge in [-0.1, -0.05) is 18.2 Å². The van der Waals surface area contributed by atoms with Gasteiger partial charge in [-0.05, 0) is 24.3 Å². The fraction of sp³-hybridized carbons (Fsp3) is 0.0556. The van der Waals surface area contributed by atoms with Gasteiger partial charge >= 0.3 is 0 Å². The first-order valence-corrected chi connectivity index (χ1v) is 8.32. The summed E-state index contributed by atoms with van der Waals surface area (Å²) < 4.78 is 2.10. The summed E-state index contributed by atoms with van der Waals surface area (Å²) in [5.41, 5.74) is 3.26. The summed E-state index contributed by atoms with van der Waals surface area (Å²) in [5.74, 6) is -0.220. The van der Waals surface area contributed by atoms with E-state index in [1.807, 2.05) is 19.2 Å². The highest BCUT2D eigenvalue weighted by Crippen LogP contribution is 2.29. The number of fused-ring (bicyclic) bond motifs is 1. The molecule has 0 aliphatic carbocycles. The zero-order chi connectivity index (χ0) is 16.5. The van der Waals surface area contributed by atoms with E-state index in [4.69, 9.17) is 0 Å². The first kappa shape index (κ1) is 14.6. The van der Waals surface area contributed by atoms with E-state index in [2.05, 4.69) is 38.1 Å². The minimum absolute atomic E-state index is 0.220. The van der Waals surface area contributed by atoms with Gasteiger partial charge in [0.15, 0.2) is 0 Å². The second-order valence-corrected chi connectivity index (χ2v) is 6.23. The Morgan fingerprint density at radius 1 is 1.17 bits per heavy atom. The van der Waals surface area contributed by atoms with Crippen LogP contribution in [0, 0.1) is 0 Å². The lowest BCUT2D eigenvalue weighted by molar-refractivity contribution is 0.102. The average molecular weight is 334 g/mol. The fourth-order valence-electron chi connectivity index (χ4n) is 2.62. The van der Waals surface area contributed by atoms with Crippen molar-refractivity contribution in [2.45, 2.75) is 0 Å². The van der Waals surface area contributed by atoms with E-state index in [-0.39, 0.29) is 5.91 Å². The van der Waals surface area contributed by atoms with Crippen LogP contribution in [-0.4, -0.2) is 20.4 Å². The molecule has 4 aromatic rings. The number of nitrogens with one attached hydrogen (secondary N) is 1. The average Bonchev–Trinajstić information content (AvgIpc) is 3.21. The van der Waals surface area contributed by atoms with Gasteiger partial charge in [-0.2, -0.15) is 0 Å². The first-order valence-electron chi connectivity index (χ1n) is 7.44. The number of thiazole rings is 1. The van der Waals surface area contributed by atoms with Crippen molar-refractivity contribution < 1.29 is 4.79 Å². The van der Waals surface area contributed by atoms with Crippen molar-refractivity contribution in [1.82, 2.24) is 14.5 Å². The Bertz CT molecular complexity index is 1020. The van der Waals surface area contributed by atoms with Gasteiger partial charge in [-0.15, -0.1) is 11.3 Å². The van der Waals surface area contributed by atoms with Crippen molar-refractivity contribution >= 4 is 33.8 Å². The van der Waals surface area contributed by atoms with Crippen LogP contribution in [0.25, 0.3) is 21.6 Å². The van der Waals surface area contributed by atoms with E-state index in [1.165, 1.54) is 11.3 Å². The normalized spacial score (nSPS) is 10.9. The molecule has 0 unspecified atom stereocenters. The monoisotopic (exact) mass is 334 g/mol. The molecule has 0 atom stereocenters. The third kappa shape index (κ3) is 2.57. The van der Waals surface area contributed by atoms with Gasteiger partial charge in [0, 0.05) is 41.4 Å². The lowest BCUT2D eigenvalue weighted by Gasteiger charge is -2.02. The topological polar surface area (TPSA) is 59.8 Å². The zero-order valence-corrected chi connectivity index (χ0v) is 13.7. The van der Waals surface area contributed by atoms with E-state index in [0.717, 1.165) is 21.6 Å². The molecule has 118 valence electrons. The van der Waals surface area contributed by atoms with Crippen molar-refractivity contribution in [1.29, 1.82) is 0 Å². The van der Waals surface area contributed by atoms with Gasteiger partial charge in [0.2, 0.25) is 0 Å². The molecule has 0 aliphatic rings. The van der Waals surface area contributed by atoms with Gasteiger partial charge in [0.05, 0.1) is 5.69 Å². The number of hydrogen-bond donors (Lipinski definition) is 1. The SMILES string of the molecule is Cn1c(-c2nc(C(=O)Nc3ccncc3)cs2)cc2ccccc21. The lowest BCUT2D eigenvalue weighted by atomic mass is 10.2. The molecule has 1 N–H and O–H groups in total. The summed E-state index contributed by atoms with van der Waals surface area (Å²) in [5, 5.41) is 6.59. The number of carbonyl (C=O) groups excluding carboxylic acids is 1. The van der Waals surface area contributed by atoms with Crippen molar-refractivity contribution in [3.05, 3.63) is 65.9 Å². The number of rotatable bonds is 3. The number of benzene rings is 1. The Labute approximate surface area is 142 Å². The Hall–Kier alpha value is -2.99. The number of pyridine rings is 1. The summed E-state index contributed by atoms with van der Waals surface area (Å²) >= 11 is 1.47. The van der Waals surface area contributed by atoms with E-state index >= 15 is 0 Å². The van der Waals surface area contributed by atoms with Gasteiger partial charge in [-0.3, -0.25) is 9.78 Å². The highest BCUT2D eigenvalue weighted by Gasteiger charge is 2.15. The summed E-state index contributed by atoms with van der Waals surface area (Å²) in [6.07, 6.45) is 3.27. The van der Waals surface area contributed by atoms with Gasteiger partial charge < -0.3 is 9.88 Å². The molecular weight excluding hydrogens is 320 g/mol. The van der Waals surface area contributed by atoms with Crippen LogP contribution in [0.5, 0.6) is 0 Å². The molecule has 0 aliphatic heterocycles. The third-order valence-electron chi connectivity index (χ3n) is 3.85. The van der Waals surface area contributed by atoms with Crippen LogP contribution in [-0.2, 0) is 7.05 Å². The number of anilines is 1. The summed E-state index contributed by atoms with van der Waals surface area (Å²) in [6, 6.07) is 13.8. The van der Waals surface area contributed by atoms with Gasteiger partial charge in [0.25, 0.3) is 5.91 Å². The second-order valence-electron chi connectivity index (χ2n) is 5.38. The third-order valence-corrected chi connectivity index (χ3v) is 4.71. The van der Waals surface area contributed by atoms with Crippen LogP contribution in [0.4, 0.5) is 5.69 Å². The van der Waals surface area contributed by atoms with Crippen LogP contribution in [0.15, 0.2) is 60.2 Å². The molecule has 0 fully saturated rings. The van der Waals surface area contributed by atoms with Crippen LogP contribution in [0.2, 0.25) is 0 Å². The van der Waals surface area contributed by atoms with E-state index in [1.54, 1.807) is 29.9 Å². The van der Waals surface area contributed by atoms with Crippen LogP contribution in [0.1, 0.15) is 10.5 Å². The molecule has 0 saturated heterocycles. The largest absolute Gasteiger partial charge is 0.342 e. The van der Waals surface area contributed by atoms with E-state index in [9.17, 15) is 4.79 Å². The molecule has 0 bridgehead atoms. The van der Waals surface area contributed by atoms with E-state index < -0.39 is 0 Å². The minimum Gasteiger partial charge on any atom is -0.342 e. The molecule has 1 aromatic carbocycles. The quantitative estimate of drug-likeness (QED) is 0.617. The number of para-hydroxylation sites is 1. The predicted octanol–water partition coefficient (Wildman–Crippen LogP) is 3.95. The van der Waals surface area contributed by atoms with Crippen molar-refractivity contribution in [3.8, 4) is 10.7 Å². The van der Waals surface area contributed by atoms with Crippen molar-refractivity contribution in [2.75, 3.05) is 5.32 Å². The number of nitrogens with zero attached hydrogens (tertiary/aromatic N) is 3. The number of amides is 1. The Kier molecular flexibility index (Phi) is 3.59. The molecule has 6 heteroatoms. The Balaban J connectivity index is 1.64. The smallest absolute Gasteiger partial charge is 0.275 e. The number of aromatic nitrogens is 3. The molecule has 3 aromatic heterocycles. The van der Waals surface area contributed by atoms with Crippen LogP contribution < -0.4 is 5.32 Å².